The van der Waals surface area contributed by atoms with Gasteiger partial charge >= 0.3 is 0 Å². The van der Waals surface area contributed by atoms with Gasteiger partial charge in [-0.1, -0.05) is 29.8 Å². The number of rotatable bonds is 4. The Balaban J connectivity index is 2.57. The minimum absolute atomic E-state index is 0.958. The van der Waals surface area contributed by atoms with E-state index in [0.717, 1.165) is 45.1 Å². The van der Waals surface area contributed by atoms with Gasteiger partial charge in [0.1, 0.15) is 5.82 Å². The summed E-state index contributed by atoms with van der Waals surface area (Å²) in [5.41, 5.74) is 2.27. The quantitative estimate of drug-likeness (QED) is 0.804. The fourth-order valence-electron chi connectivity index (χ4n) is 1.92. The highest BCUT2D eigenvalue weighted by Crippen LogP contribution is 2.30. The number of benzene rings is 1. The van der Waals surface area contributed by atoms with Gasteiger partial charge in [0.2, 0.25) is 0 Å². The van der Waals surface area contributed by atoms with Crippen LogP contribution in [-0.2, 0) is 6.42 Å². The van der Waals surface area contributed by atoms with Crippen molar-refractivity contribution in [1.29, 1.82) is 0 Å². The standard InChI is InChI=1S/C14H16Br2N2/c1-3-5-17-14-9(4-2)6-10-7-11(15)8-12(16)13(10)18-14/h6-8H,3-5H2,1-2H3,(H,17,18). The van der Waals surface area contributed by atoms with Crippen molar-refractivity contribution in [2.75, 3.05) is 11.9 Å². The van der Waals surface area contributed by atoms with Crippen LogP contribution in [0, 0.1) is 0 Å². The Morgan fingerprint density at radius 1 is 1.17 bits per heavy atom. The molecule has 18 heavy (non-hydrogen) atoms. The van der Waals surface area contributed by atoms with Crippen LogP contribution in [-0.4, -0.2) is 11.5 Å². The molecule has 2 rings (SSSR count). The molecule has 1 N–H and O–H groups in total. The lowest BCUT2D eigenvalue weighted by Gasteiger charge is -2.12. The number of aryl methyl sites for hydroxylation is 1. The van der Waals surface area contributed by atoms with Gasteiger partial charge in [0.25, 0.3) is 0 Å². The smallest absolute Gasteiger partial charge is 0.129 e. The number of halogens is 2. The van der Waals surface area contributed by atoms with E-state index in [-0.39, 0.29) is 0 Å². The molecule has 0 aliphatic carbocycles. The Kier molecular flexibility index (Phi) is 4.62. The van der Waals surface area contributed by atoms with Crippen molar-refractivity contribution in [1.82, 2.24) is 4.98 Å². The minimum Gasteiger partial charge on any atom is -0.370 e. The number of pyridine rings is 1. The van der Waals surface area contributed by atoms with Crippen molar-refractivity contribution in [3.8, 4) is 0 Å². The van der Waals surface area contributed by atoms with Gasteiger partial charge in [0.15, 0.2) is 0 Å². The summed E-state index contributed by atoms with van der Waals surface area (Å²) in [6.07, 6.45) is 2.09. The molecular formula is C14H16Br2N2. The summed E-state index contributed by atoms with van der Waals surface area (Å²) >= 11 is 7.09. The lowest BCUT2D eigenvalue weighted by Crippen LogP contribution is -2.05. The van der Waals surface area contributed by atoms with Gasteiger partial charge in [-0.05, 0) is 52.5 Å². The van der Waals surface area contributed by atoms with Crippen molar-refractivity contribution in [2.45, 2.75) is 26.7 Å². The number of aromatic nitrogens is 1. The molecule has 96 valence electrons. The first-order chi connectivity index (χ1) is 8.65. The van der Waals surface area contributed by atoms with Gasteiger partial charge in [-0.15, -0.1) is 0 Å². The number of hydrogen-bond donors (Lipinski definition) is 1. The van der Waals surface area contributed by atoms with Gasteiger partial charge in [-0.2, -0.15) is 0 Å². The second-order valence-corrected chi connectivity index (χ2v) is 6.01. The van der Waals surface area contributed by atoms with Crippen LogP contribution < -0.4 is 5.32 Å². The minimum atomic E-state index is 0.958. The largest absolute Gasteiger partial charge is 0.370 e. The van der Waals surface area contributed by atoms with Crippen LogP contribution in [0.15, 0.2) is 27.1 Å². The molecule has 0 unspecified atom stereocenters. The number of fused-ring (bicyclic) bond motifs is 1. The summed E-state index contributed by atoms with van der Waals surface area (Å²) in [7, 11) is 0. The molecule has 4 heteroatoms. The number of nitrogens with zero attached hydrogens (tertiary/aromatic N) is 1. The molecule has 0 aliphatic heterocycles. The Bertz CT molecular complexity index is 567. The Morgan fingerprint density at radius 2 is 1.94 bits per heavy atom. The molecule has 1 heterocycles. The fraction of sp³-hybridized carbons (Fsp3) is 0.357. The molecule has 2 nitrogen and oxygen atoms in total. The molecular weight excluding hydrogens is 356 g/mol. The molecule has 0 spiro atoms. The van der Waals surface area contributed by atoms with Crippen molar-refractivity contribution in [2.24, 2.45) is 0 Å². The molecule has 0 saturated carbocycles. The lowest BCUT2D eigenvalue weighted by atomic mass is 10.1. The molecule has 0 radical (unpaired) electrons. The highest BCUT2D eigenvalue weighted by atomic mass is 79.9. The predicted molar refractivity (Wildman–Crippen MR) is 85.3 cm³/mol. The molecule has 0 saturated heterocycles. The van der Waals surface area contributed by atoms with E-state index in [9.17, 15) is 0 Å². The van der Waals surface area contributed by atoms with E-state index in [1.807, 2.05) is 6.07 Å². The highest BCUT2D eigenvalue weighted by molar-refractivity contribution is 9.11. The van der Waals surface area contributed by atoms with Crippen LogP contribution in [0.1, 0.15) is 25.8 Å². The molecule has 0 bridgehead atoms. The Labute approximate surface area is 124 Å². The normalized spacial score (nSPS) is 10.9. The van der Waals surface area contributed by atoms with E-state index < -0.39 is 0 Å². The molecule has 0 atom stereocenters. The van der Waals surface area contributed by atoms with E-state index in [0.29, 0.717) is 0 Å². The summed E-state index contributed by atoms with van der Waals surface area (Å²) in [5, 5.41) is 4.57. The van der Waals surface area contributed by atoms with Crippen LogP contribution in [0.25, 0.3) is 10.9 Å². The first kappa shape index (κ1) is 13.8. The van der Waals surface area contributed by atoms with Crippen LogP contribution in [0.2, 0.25) is 0 Å². The lowest BCUT2D eigenvalue weighted by molar-refractivity contribution is 0.961. The average molecular weight is 372 g/mol. The van der Waals surface area contributed by atoms with Gasteiger partial charge in [-0.25, -0.2) is 4.98 Å². The maximum Gasteiger partial charge on any atom is 0.129 e. The molecule has 0 aliphatic rings. The SMILES string of the molecule is CCCNc1nc2c(Br)cc(Br)cc2cc1CC. The number of anilines is 1. The van der Waals surface area contributed by atoms with Crippen molar-refractivity contribution in [3.63, 3.8) is 0 Å². The van der Waals surface area contributed by atoms with Crippen molar-refractivity contribution in [3.05, 3.63) is 32.7 Å². The summed E-state index contributed by atoms with van der Waals surface area (Å²) in [4.78, 5) is 4.75. The molecule has 0 amide bonds. The maximum absolute atomic E-state index is 4.75. The third-order valence-corrected chi connectivity index (χ3v) is 3.90. The molecule has 2 aromatic rings. The number of hydrogen-bond acceptors (Lipinski definition) is 2. The topological polar surface area (TPSA) is 24.9 Å². The average Bonchev–Trinajstić information content (AvgIpc) is 2.35. The number of nitrogens with one attached hydrogen (secondary N) is 1. The van der Waals surface area contributed by atoms with E-state index >= 15 is 0 Å². The van der Waals surface area contributed by atoms with Gasteiger partial charge < -0.3 is 5.32 Å². The third kappa shape index (κ3) is 2.86. The first-order valence-electron chi connectivity index (χ1n) is 6.18. The summed E-state index contributed by atoms with van der Waals surface area (Å²) < 4.78 is 2.09. The zero-order valence-corrected chi connectivity index (χ0v) is 13.7. The van der Waals surface area contributed by atoms with E-state index in [4.69, 9.17) is 4.98 Å². The third-order valence-electron chi connectivity index (χ3n) is 2.84. The van der Waals surface area contributed by atoms with E-state index in [1.54, 1.807) is 0 Å². The fourth-order valence-corrected chi connectivity index (χ4v) is 3.27. The van der Waals surface area contributed by atoms with Crippen LogP contribution >= 0.6 is 31.9 Å². The van der Waals surface area contributed by atoms with Gasteiger partial charge in [-0.3, -0.25) is 0 Å². The Hall–Kier alpha value is -0.610. The molecule has 0 fully saturated rings. The van der Waals surface area contributed by atoms with Gasteiger partial charge in [0.05, 0.1) is 5.52 Å². The zero-order chi connectivity index (χ0) is 13.1. The zero-order valence-electron chi connectivity index (χ0n) is 10.6. The first-order valence-corrected chi connectivity index (χ1v) is 7.76. The Morgan fingerprint density at radius 3 is 2.61 bits per heavy atom. The maximum atomic E-state index is 4.75. The summed E-state index contributed by atoms with van der Waals surface area (Å²) in [6, 6.07) is 6.36. The summed E-state index contributed by atoms with van der Waals surface area (Å²) in [6.45, 7) is 5.28. The predicted octanol–water partition coefficient (Wildman–Crippen LogP) is 5.14. The second kappa shape index (κ2) is 6.02. The van der Waals surface area contributed by atoms with Crippen molar-refractivity contribution < 1.29 is 0 Å². The summed E-state index contributed by atoms with van der Waals surface area (Å²) in [5.74, 6) is 1.01. The van der Waals surface area contributed by atoms with Crippen LogP contribution in [0.3, 0.4) is 0 Å². The highest BCUT2D eigenvalue weighted by Gasteiger charge is 2.08. The van der Waals surface area contributed by atoms with Gasteiger partial charge in [0, 0.05) is 20.9 Å². The van der Waals surface area contributed by atoms with Crippen molar-refractivity contribution >= 4 is 48.6 Å². The molecule has 1 aromatic carbocycles. The van der Waals surface area contributed by atoms with Crippen LogP contribution in [0.4, 0.5) is 5.82 Å². The van der Waals surface area contributed by atoms with E-state index in [1.165, 1.54) is 5.56 Å². The van der Waals surface area contributed by atoms with Crippen LogP contribution in [0.5, 0.6) is 0 Å². The molecule has 1 aromatic heterocycles. The second-order valence-electron chi connectivity index (χ2n) is 4.24. The van der Waals surface area contributed by atoms with E-state index in [2.05, 4.69) is 63.2 Å². The monoisotopic (exact) mass is 370 g/mol.